The molecule has 2 rings (SSSR count). The van der Waals surface area contributed by atoms with Crippen LogP contribution in [-0.2, 0) is 6.42 Å². The molecular formula is C17H26N2O2S. The van der Waals surface area contributed by atoms with Crippen LogP contribution in [0.25, 0.3) is 0 Å². The number of thioether (sulfide) groups is 1. The van der Waals surface area contributed by atoms with Gasteiger partial charge in [0.15, 0.2) is 0 Å². The average Bonchev–Trinajstić information content (AvgIpc) is 2.50. The molecule has 1 fully saturated rings. The Kier molecular flexibility index (Phi) is 6.90. The lowest BCUT2D eigenvalue weighted by atomic mass is 10.1. The maximum absolute atomic E-state index is 11.9. The van der Waals surface area contributed by atoms with Crippen molar-refractivity contribution in [2.24, 2.45) is 0 Å². The second kappa shape index (κ2) is 8.93. The molecule has 0 spiro atoms. The molecule has 0 saturated carbocycles. The van der Waals surface area contributed by atoms with Gasteiger partial charge in [0.2, 0.25) is 0 Å². The van der Waals surface area contributed by atoms with Crippen molar-refractivity contribution in [2.45, 2.75) is 32.8 Å². The monoisotopic (exact) mass is 322 g/mol. The number of benzene rings is 1. The lowest BCUT2D eigenvalue weighted by molar-refractivity contribution is 0.0441. The van der Waals surface area contributed by atoms with Gasteiger partial charge in [0.25, 0.3) is 0 Å². The fourth-order valence-corrected chi connectivity index (χ4v) is 3.10. The van der Waals surface area contributed by atoms with Crippen LogP contribution in [0.1, 0.15) is 25.8 Å². The highest BCUT2D eigenvalue weighted by Gasteiger charge is 2.32. The van der Waals surface area contributed by atoms with Gasteiger partial charge in [-0.1, -0.05) is 32.0 Å². The molecule has 0 aliphatic carbocycles. The van der Waals surface area contributed by atoms with Gasteiger partial charge in [-0.15, -0.1) is 0 Å². The number of amides is 2. The van der Waals surface area contributed by atoms with Gasteiger partial charge < -0.3 is 15.0 Å². The molecule has 22 heavy (non-hydrogen) atoms. The van der Waals surface area contributed by atoms with Crippen molar-refractivity contribution in [3.05, 3.63) is 29.8 Å². The Hall–Kier alpha value is -1.36. The first-order chi connectivity index (χ1) is 10.7. The Morgan fingerprint density at radius 1 is 1.32 bits per heavy atom. The summed E-state index contributed by atoms with van der Waals surface area (Å²) < 4.78 is 5.98. The zero-order chi connectivity index (χ0) is 15.8. The van der Waals surface area contributed by atoms with Crippen LogP contribution in [0, 0.1) is 0 Å². The van der Waals surface area contributed by atoms with Gasteiger partial charge in [-0.2, -0.15) is 11.8 Å². The minimum absolute atomic E-state index is 0.0284. The molecule has 1 aromatic rings. The summed E-state index contributed by atoms with van der Waals surface area (Å²) in [5.74, 6) is 3.09. The van der Waals surface area contributed by atoms with Crippen LogP contribution in [0.15, 0.2) is 24.3 Å². The third-order valence-corrected chi connectivity index (χ3v) is 4.84. The van der Waals surface area contributed by atoms with Crippen molar-refractivity contribution in [2.75, 3.05) is 31.1 Å². The Labute approximate surface area is 137 Å². The maximum Gasteiger partial charge on any atom is 0.317 e. The number of carbonyl (C=O) groups excluding carboxylic acids is 1. The number of ether oxygens (including phenoxy) is 1. The van der Waals surface area contributed by atoms with Crippen molar-refractivity contribution in [1.29, 1.82) is 0 Å². The van der Waals surface area contributed by atoms with Crippen LogP contribution in [0.2, 0.25) is 0 Å². The van der Waals surface area contributed by atoms with Gasteiger partial charge >= 0.3 is 6.03 Å². The average molecular weight is 322 g/mol. The Bertz CT molecular complexity index is 475. The largest absolute Gasteiger partial charge is 0.486 e. The normalized spacial score (nSPS) is 14.5. The number of hydrogen-bond donors (Lipinski definition) is 1. The third kappa shape index (κ3) is 4.83. The van der Waals surface area contributed by atoms with Gasteiger partial charge in [0.05, 0.1) is 13.1 Å². The molecule has 0 atom stereocenters. The Balaban J connectivity index is 1.65. The van der Waals surface area contributed by atoms with Crippen LogP contribution in [0.5, 0.6) is 5.75 Å². The van der Waals surface area contributed by atoms with Gasteiger partial charge in [-0.05, 0) is 30.2 Å². The van der Waals surface area contributed by atoms with E-state index in [-0.39, 0.29) is 12.1 Å². The molecule has 0 aromatic heterocycles. The Morgan fingerprint density at radius 3 is 2.82 bits per heavy atom. The van der Waals surface area contributed by atoms with Crippen molar-refractivity contribution < 1.29 is 9.53 Å². The van der Waals surface area contributed by atoms with Gasteiger partial charge in [0, 0.05) is 12.3 Å². The van der Waals surface area contributed by atoms with Crippen LogP contribution in [0.3, 0.4) is 0 Å². The number of nitrogens with one attached hydrogen (secondary N) is 1. The van der Waals surface area contributed by atoms with Crippen LogP contribution in [-0.4, -0.2) is 48.2 Å². The molecule has 1 saturated heterocycles. The molecule has 1 aromatic carbocycles. The lowest BCUT2D eigenvalue weighted by Gasteiger charge is -2.39. The highest BCUT2D eigenvalue weighted by atomic mass is 32.2. The predicted octanol–water partition coefficient (Wildman–Crippen LogP) is 3.16. The highest BCUT2D eigenvalue weighted by molar-refractivity contribution is 7.99. The minimum atomic E-state index is 0.0284. The van der Waals surface area contributed by atoms with E-state index in [1.807, 2.05) is 34.9 Å². The van der Waals surface area contributed by atoms with E-state index in [0.29, 0.717) is 13.1 Å². The van der Waals surface area contributed by atoms with Gasteiger partial charge in [0.1, 0.15) is 11.9 Å². The molecule has 0 bridgehead atoms. The lowest BCUT2D eigenvalue weighted by Crippen LogP contribution is -2.59. The summed E-state index contributed by atoms with van der Waals surface area (Å²) >= 11 is 1.88. The van der Waals surface area contributed by atoms with Crippen molar-refractivity contribution in [3.63, 3.8) is 0 Å². The molecule has 5 heteroatoms. The number of carbonyl (C=O) groups is 1. The predicted molar refractivity (Wildman–Crippen MR) is 92.8 cm³/mol. The molecule has 0 unspecified atom stereocenters. The zero-order valence-electron chi connectivity index (χ0n) is 13.5. The SMILES string of the molecule is CCCSCCNC(=O)N1CC(Oc2ccccc2CC)C1. The molecule has 122 valence electrons. The number of hydrogen-bond acceptors (Lipinski definition) is 3. The van der Waals surface area contributed by atoms with E-state index < -0.39 is 0 Å². The topological polar surface area (TPSA) is 41.6 Å². The quantitative estimate of drug-likeness (QED) is 0.748. The maximum atomic E-state index is 11.9. The minimum Gasteiger partial charge on any atom is -0.486 e. The van der Waals surface area contributed by atoms with Crippen molar-refractivity contribution in [1.82, 2.24) is 10.2 Å². The smallest absolute Gasteiger partial charge is 0.317 e. The first kappa shape index (κ1) is 17.0. The standard InChI is InChI=1S/C17H26N2O2S/c1-3-10-22-11-9-18-17(20)19-12-15(13-19)21-16-8-6-5-7-14(16)4-2/h5-8,15H,3-4,9-13H2,1-2H3,(H,18,20). The van der Waals surface area contributed by atoms with E-state index in [1.165, 1.54) is 12.0 Å². The first-order valence-corrected chi connectivity index (χ1v) is 9.25. The Morgan fingerprint density at radius 2 is 2.09 bits per heavy atom. The molecule has 4 nitrogen and oxygen atoms in total. The molecule has 1 N–H and O–H groups in total. The van der Waals surface area contributed by atoms with Gasteiger partial charge in [-0.3, -0.25) is 0 Å². The summed E-state index contributed by atoms with van der Waals surface area (Å²) in [6, 6.07) is 8.15. The van der Waals surface area contributed by atoms with E-state index in [2.05, 4.69) is 25.2 Å². The first-order valence-electron chi connectivity index (χ1n) is 8.09. The van der Waals surface area contributed by atoms with E-state index in [0.717, 1.165) is 30.2 Å². The zero-order valence-corrected chi connectivity index (χ0v) is 14.3. The number of rotatable bonds is 8. The molecule has 1 aliphatic rings. The second-order valence-corrected chi connectivity index (χ2v) is 6.68. The molecule has 0 radical (unpaired) electrons. The van der Waals surface area contributed by atoms with E-state index in [4.69, 9.17) is 4.74 Å². The summed E-state index contributed by atoms with van der Waals surface area (Å²) in [5, 5.41) is 2.96. The highest BCUT2D eigenvalue weighted by Crippen LogP contribution is 2.22. The number of para-hydroxylation sites is 1. The second-order valence-electron chi connectivity index (χ2n) is 5.45. The molecule has 1 aliphatic heterocycles. The fourth-order valence-electron chi connectivity index (χ4n) is 2.36. The van der Waals surface area contributed by atoms with E-state index in [1.54, 1.807) is 0 Å². The van der Waals surface area contributed by atoms with Crippen LogP contribution in [0.4, 0.5) is 4.79 Å². The third-order valence-electron chi connectivity index (χ3n) is 3.65. The summed E-state index contributed by atoms with van der Waals surface area (Å²) in [7, 11) is 0. The van der Waals surface area contributed by atoms with Crippen molar-refractivity contribution >= 4 is 17.8 Å². The number of likely N-dealkylation sites (tertiary alicyclic amines) is 1. The van der Waals surface area contributed by atoms with Crippen LogP contribution >= 0.6 is 11.8 Å². The number of urea groups is 1. The number of aryl methyl sites for hydroxylation is 1. The summed E-state index contributed by atoms with van der Waals surface area (Å²) in [5.41, 5.74) is 1.22. The summed E-state index contributed by atoms with van der Waals surface area (Å²) in [4.78, 5) is 13.7. The number of nitrogens with zero attached hydrogens (tertiary/aromatic N) is 1. The van der Waals surface area contributed by atoms with Gasteiger partial charge in [-0.25, -0.2) is 4.79 Å². The summed E-state index contributed by atoms with van der Waals surface area (Å²) in [6.45, 7) is 6.38. The molecular weight excluding hydrogens is 296 g/mol. The van der Waals surface area contributed by atoms with Crippen molar-refractivity contribution in [3.8, 4) is 5.75 Å². The molecule has 1 heterocycles. The molecule has 2 amide bonds. The fraction of sp³-hybridized carbons (Fsp3) is 0.588. The van der Waals surface area contributed by atoms with E-state index >= 15 is 0 Å². The summed E-state index contributed by atoms with van der Waals surface area (Å²) in [6.07, 6.45) is 2.26. The van der Waals surface area contributed by atoms with E-state index in [9.17, 15) is 4.79 Å². The van der Waals surface area contributed by atoms with Crippen LogP contribution < -0.4 is 10.1 Å².